The highest BCUT2D eigenvalue weighted by Crippen LogP contribution is 2.32. The monoisotopic (exact) mass is 645 g/mol. The lowest BCUT2D eigenvalue weighted by atomic mass is 9.86. The Balaban J connectivity index is 1.42. The lowest BCUT2D eigenvalue weighted by Crippen LogP contribution is -2.68. The van der Waals surface area contributed by atoms with Gasteiger partial charge >= 0.3 is 0 Å². The standard InChI is InChI=1S/C25H43NO18/c1-6-11(26-8-2-7(3-27)12(30)15(33)13(8)31)14(32)19(37)24(40-6)43-22-10(5-29)42-25(20(38)17(22)35)44-21-9(4-28)41-23(39)18(36)16(21)34/h2,6,8-39H,3-5H2,1H3/t6-,8?,9-,10-,11?,12-,13?,14?,15?,16?,17?,18?,19-,20?,21-,22-,23-,24-,25?/m1/s1. The van der Waals surface area contributed by atoms with E-state index < -0.39 is 136 Å². The number of ether oxygens (including phenoxy) is 5. The highest BCUT2D eigenvalue weighted by atomic mass is 16.7. The van der Waals surface area contributed by atoms with Crippen LogP contribution in [0.1, 0.15) is 6.92 Å². The first-order valence-corrected chi connectivity index (χ1v) is 14.1. The number of hydrogen-bond acceptors (Lipinski definition) is 19. The normalized spacial score (nSPS) is 52.0. The molecule has 19 nitrogen and oxygen atoms in total. The second-order valence-corrected chi connectivity index (χ2v) is 11.4. The first-order chi connectivity index (χ1) is 20.7. The average Bonchev–Trinajstić information content (AvgIpc) is 3.00. The number of rotatable bonds is 9. The Morgan fingerprint density at radius 3 is 1.73 bits per heavy atom. The van der Waals surface area contributed by atoms with Crippen LogP contribution in [0.5, 0.6) is 0 Å². The first-order valence-electron chi connectivity index (χ1n) is 14.1. The molecule has 3 aliphatic heterocycles. The molecule has 44 heavy (non-hydrogen) atoms. The van der Waals surface area contributed by atoms with Gasteiger partial charge in [-0.05, 0) is 12.5 Å². The molecule has 0 bridgehead atoms. The predicted octanol–water partition coefficient (Wildman–Crippen LogP) is -8.56. The molecule has 3 saturated heterocycles. The largest absolute Gasteiger partial charge is 0.394 e. The van der Waals surface area contributed by atoms with Gasteiger partial charge in [0, 0.05) is 0 Å². The second-order valence-electron chi connectivity index (χ2n) is 11.4. The molecule has 0 amide bonds. The zero-order valence-electron chi connectivity index (χ0n) is 23.5. The van der Waals surface area contributed by atoms with E-state index in [4.69, 9.17) is 23.7 Å². The average molecular weight is 646 g/mol. The molecule has 0 aromatic rings. The number of aliphatic hydroxyl groups excluding tert-OH is 13. The van der Waals surface area contributed by atoms with Crippen LogP contribution >= 0.6 is 0 Å². The summed E-state index contributed by atoms with van der Waals surface area (Å²) in [5.41, 5.74) is 0.0225. The Labute approximate surface area is 250 Å². The Morgan fingerprint density at radius 1 is 0.636 bits per heavy atom. The number of hydrogen-bond donors (Lipinski definition) is 14. The van der Waals surface area contributed by atoms with E-state index in [9.17, 15) is 66.4 Å². The third-order valence-electron chi connectivity index (χ3n) is 8.48. The van der Waals surface area contributed by atoms with Crippen molar-refractivity contribution in [2.45, 2.75) is 123 Å². The SMILES string of the molecule is C[C@H]1O[C@H](O[C@H]2C(O)C(O)C(O[C@H]3C(O)C(O)[C@H](O)O[C@@H]3CO)O[C@@H]2CO)[C@H](O)C(O)C1NC1C=C(CO)[C@@H](O)C(O)C1O. The first kappa shape index (κ1) is 35.8. The summed E-state index contributed by atoms with van der Waals surface area (Å²) in [5, 5.41) is 136. The Morgan fingerprint density at radius 2 is 1.16 bits per heavy atom. The van der Waals surface area contributed by atoms with Crippen LogP contribution in [0, 0.1) is 0 Å². The van der Waals surface area contributed by atoms with Gasteiger partial charge in [0.25, 0.3) is 0 Å². The Kier molecular flexibility index (Phi) is 12.1. The molecule has 10 unspecified atom stereocenters. The van der Waals surface area contributed by atoms with Crippen LogP contribution in [0.3, 0.4) is 0 Å². The molecule has 0 saturated carbocycles. The lowest BCUT2D eigenvalue weighted by molar-refractivity contribution is -0.373. The molecular weight excluding hydrogens is 602 g/mol. The molecule has 0 aromatic heterocycles. The zero-order chi connectivity index (χ0) is 32.6. The molecular formula is C25H43NO18. The van der Waals surface area contributed by atoms with E-state index in [1.165, 1.54) is 13.0 Å². The molecule has 14 N–H and O–H groups in total. The number of nitrogens with one attached hydrogen (secondary N) is 1. The summed E-state index contributed by atoms with van der Waals surface area (Å²) in [5.74, 6) is 0. The van der Waals surface area contributed by atoms with Crippen LogP contribution in [0.15, 0.2) is 11.6 Å². The van der Waals surface area contributed by atoms with Gasteiger partial charge in [-0.3, -0.25) is 0 Å². The maximum absolute atomic E-state index is 10.9. The Hall–Kier alpha value is -1.02. The maximum atomic E-state index is 10.9. The quantitative estimate of drug-likeness (QED) is 0.103. The summed E-state index contributed by atoms with van der Waals surface area (Å²) in [6.45, 7) is -0.753. The third-order valence-corrected chi connectivity index (χ3v) is 8.48. The molecule has 19 heteroatoms. The summed E-state index contributed by atoms with van der Waals surface area (Å²) < 4.78 is 27.4. The van der Waals surface area contributed by atoms with Crippen LogP contribution < -0.4 is 5.32 Å². The van der Waals surface area contributed by atoms with Gasteiger partial charge in [0.1, 0.15) is 79.4 Å². The van der Waals surface area contributed by atoms with E-state index in [1.807, 2.05) is 0 Å². The summed E-state index contributed by atoms with van der Waals surface area (Å²) in [7, 11) is 0. The molecule has 0 radical (unpaired) electrons. The lowest BCUT2D eigenvalue weighted by Gasteiger charge is -2.48. The molecule has 1 aliphatic carbocycles. The van der Waals surface area contributed by atoms with E-state index in [1.54, 1.807) is 0 Å². The van der Waals surface area contributed by atoms with Gasteiger partial charge < -0.3 is 95.4 Å². The smallest absolute Gasteiger partial charge is 0.187 e. The minimum atomic E-state index is -1.93. The fraction of sp³-hybridized carbons (Fsp3) is 0.920. The van der Waals surface area contributed by atoms with Crippen molar-refractivity contribution < 1.29 is 90.1 Å². The van der Waals surface area contributed by atoms with Gasteiger partial charge in [-0.15, -0.1) is 0 Å². The molecule has 0 aromatic carbocycles. The Bertz CT molecular complexity index is 958. The molecule has 0 spiro atoms. The maximum Gasteiger partial charge on any atom is 0.187 e. The van der Waals surface area contributed by atoms with E-state index in [-0.39, 0.29) is 5.57 Å². The van der Waals surface area contributed by atoms with Crippen LogP contribution in [0.2, 0.25) is 0 Å². The van der Waals surface area contributed by atoms with Crippen molar-refractivity contribution in [3.05, 3.63) is 11.6 Å². The van der Waals surface area contributed by atoms with Crippen molar-refractivity contribution in [3.63, 3.8) is 0 Å². The van der Waals surface area contributed by atoms with Crippen LogP contribution in [-0.4, -0.2) is 203 Å². The fourth-order valence-electron chi connectivity index (χ4n) is 5.81. The van der Waals surface area contributed by atoms with Crippen LogP contribution in [-0.2, 0) is 23.7 Å². The second kappa shape index (κ2) is 14.8. The van der Waals surface area contributed by atoms with E-state index in [0.717, 1.165) is 0 Å². The molecule has 3 heterocycles. The van der Waals surface area contributed by atoms with Crippen molar-refractivity contribution in [1.82, 2.24) is 5.32 Å². The van der Waals surface area contributed by atoms with E-state index in [2.05, 4.69) is 5.32 Å². The summed E-state index contributed by atoms with van der Waals surface area (Å²) in [4.78, 5) is 0. The van der Waals surface area contributed by atoms with Gasteiger partial charge in [0.05, 0.1) is 38.0 Å². The molecule has 4 aliphatic rings. The van der Waals surface area contributed by atoms with Gasteiger partial charge in [0.15, 0.2) is 18.9 Å². The highest BCUT2D eigenvalue weighted by molar-refractivity contribution is 5.22. The minimum Gasteiger partial charge on any atom is -0.394 e. The van der Waals surface area contributed by atoms with Crippen LogP contribution in [0.25, 0.3) is 0 Å². The third kappa shape index (κ3) is 6.96. The topological polar surface area (TPSA) is 321 Å². The minimum absolute atomic E-state index is 0.0225. The molecule has 256 valence electrons. The fourth-order valence-corrected chi connectivity index (χ4v) is 5.81. The summed E-state index contributed by atoms with van der Waals surface area (Å²) >= 11 is 0. The van der Waals surface area contributed by atoms with Crippen molar-refractivity contribution >= 4 is 0 Å². The van der Waals surface area contributed by atoms with Crippen molar-refractivity contribution in [2.24, 2.45) is 0 Å². The zero-order valence-corrected chi connectivity index (χ0v) is 23.5. The molecule has 4 rings (SSSR count). The predicted molar refractivity (Wildman–Crippen MR) is 138 cm³/mol. The van der Waals surface area contributed by atoms with Gasteiger partial charge in [-0.2, -0.15) is 0 Å². The van der Waals surface area contributed by atoms with Crippen LogP contribution in [0.4, 0.5) is 0 Å². The highest BCUT2D eigenvalue weighted by Gasteiger charge is 2.53. The van der Waals surface area contributed by atoms with Crippen molar-refractivity contribution in [1.29, 1.82) is 0 Å². The van der Waals surface area contributed by atoms with Gasteiger partial charge in [-0.1, -0.05) is 6.08 Å². The van der Waals surface area contributed by atoms with Gasteiger partial charge in [0.2, 0.25) is 0 Å². The van der Waals surface area contributed by atoms with Gasteiger partial charge in [-0.25, -0.2) is 0 Å². The molecule has 3 fully saturated rings. The molecule has 19 atom stereocenters. The number of aliphatic hydroxyl groups is 13. The van der Waals surface area contributed by atoms with Crippen molar-refractivity contribution in [3.8, 4) is 0 Å². The summed E-state index contributed by atoms with van der Waals surface area (Å²) in [6.07, 6.45) is -26.6. The van der Waals surface area contributed by atoms with E-state index >= 15 is 0 Å². The summed E-state index contributed by atoms with van der Waals surface area (Å²) in [6, 6.07) is -2.17. The van der Waals surface area contributed by atoms with E-state index in [0.29, 0.717) is 0 Å². The van der Waals surface area contributed by atoms with Crippen molar-refractivity contribution in [2.75, 3.05) is 19.8 Å².